The zero-order chi connectivity index (χ0) is 20.7. The molecule has 2 fully saturated rings. The lowest BCUT2D eigenvalue weighted by atomic mass is 9.94. The number of ether oxygens (including phenoxy) is 1. The van der Waals surface area contributed by atoms with Gasteiger partial charge in [0.2, 0.25) is 0 Å². The molecule has 2 aliphatic rings. The van der Waals surface area contributed by atoms with Gasteiger partial charge in [-0.1, -0.05) is 12.1 Å². The van der Waals surface area contributed by atoms with Gasteiger partial charge in [0.05, 0.1) is 0 Å². The number of pyridine rings is 1. The summed E-state index contributed by atoms with van der Waals surface area (Å²) < 4.78 is 7.27. The predicted octanol–water partition coefficient (Wildman–Crippen LogP) is 3.88. The second-order valence-electron chi connectivity index (χ2n) is 7.92. The molecule has 1 aromatic carbocycles. The molecule has 2 bridgehead atoms. The summed E-state index contributed by atoms with van der Waals surface area (Å²) in [6.07, 6.45) is 4.18. The van der Waals surface area contributed by atoms with Crippen LogP contribution in [0.5, 0.6) is 11.5 Å². The van der Waals surface area contributed by atoms with Gasteiger partial charge in [-0.05, 0) is 53.0 Å². The standard InChI is InChI=1S/C22H22BrN5O2/c23-20-9-15(7-8-25-20)28-11-13-5-6-14(12-28)21(13)30-19-10-17(26-27-22(19)24)16-3-1-2-4-18(16)29/h1-4,7-10,13-14,21,29H,5-6,11-12H2,(H2,24,27). The molecule has 0 amide bonds. The van der Waals surface area contributed by atoms with Crippen LogP contribution in [0.3, 0.4) is 0 Å². The first-order chi connectivity index (χ1) is 14.6. The van der Waals surface area contributed by atoms with Crippen molar-refractivity contribution < 1.29 is 9.84 Å². The van der Waals surface area contributed by atoms with Crippen molar-refractivity contribution in [2.75, 3.05) is 23.7 Å². The Kier molecular flexibility index (Phi) is 4.94. The van der Waals surface area contributed by atoms with Crippen molar-refractivity contribution in [1.29, 1.82) is 0 Å². The summed E-state index contributed by atoms with van der Waals surface area (Å²) in [6.45, 7) is 1.87. The van der Waals surface area contributed by atoms with E-state index in [2.05, 4.69) is 48.1 Å². The highest BCUT2D eigenvalue weighted by Gasteiger charge is 2.44. The normalized spacial score (nSPS) is 22.8. The number of nitrogen functional groups attached to an aromatic ring is 1. The lowest BCUT2D eigenvalue weighted by molar-refractivity contribution is 0.104. The Morgan fingerprint density at radius 2 is 1.83 bits per heavy atom. The number of aromatic nitrogens is 3. The van der Waals surface area contributed by atoms with Crippen molar-refractivity contribution in [3.8, 4) is 22.8 Å². The van der Waals surface area contributed by atoms with Gasteiger partial charge in [0.25, 0.3) is 0 Å². The third-order valence-corrected chi connectivity index (χ3v) is 6.49. The molecule has 3 heterocycles. The van der Waals surface area contributed by atoms with Crippen LogP contribution in [0.4, 0.5) is 11.5 Å². The van der Waals surface area contributed by atoms with Crippen LogP contribution in [0.25, 0.3) is 11.3 Å². The lowest BCUT2D eigenvalue weighted by Gasteiger charge is -2.39. The molecule has 1 saturated heterocycles. The Labute approximate surface area is 183 Å². The Balaban J connectivity index is 1.37. The Bertz CT molecular complexity index is 1060. The second-order valence-corrected chi connectivity index (χ2v) is 8.73. The smallest absolute Gasteiger partial charge is 0.188 e. The van der Waals surface area contributed by atoms with Crippen molar-refractivity contribution in [2.45, 2.75) is 18.9 Å². The van der Waals surface area contributed by atoms with Gasteiger partial charge >= 0.3 is 0 Å². The molecule has 1 saturated carbocycles. The zero-order valence-corrected chi connectivity index (χ0v) is 17.9. The number of para-hydroxylation sites is 1. The van der Waals surface area contributed by atoms with E-state index in [0.29, 0.717) is 28.8 Å². The van der Waals surface area contributed by atoms with Crippen molar-refractivity contribution in [3.05, 3.63) is 53.3 Å². The van der Waals surface area contributed by atoms with Gasteiger partial charge < -0.3 is 20.5 Å². The van der Waals surface area contributed by atoms with Crippen LogP contribution in [0.1, 0.15) is 12.8 Å². The number of hydrogen-bond donors (Lipinski definition) is 2. The van der Waals surface area contributed by atoms with Crippen molar-refractivity contribution in [1.82, 2.24) is 15.2 Å². The number of phenolic OH excluding ortho intramolecular Hbond substituents is 1. The highest BCUT2D eigenvalue weighted by atomic mass is 79.9. The predicted molar refractivity (Wildman–Crippen MR) is 118 cm³/mol. The summed E-state index contributed by atoms with van der Waals surface area (Å²) >= 11 is 3.46. The van der Waals surface area contributed by atoms with Crippen molar-refractivity contribution in [2.24, 2.45) is 11.8 Å². The Hall–Kier alpha value is -2.87. The number of benzene rings is 1. The lowest BCUT2D eigenvalue weighted by Crippen LogP contribution is -2.47. The fraction of sp³-hybridized carbons (Fsp3) is 0.318. The van der Waals surface area contributed by atoms with Crippen molar-refractivity contribution >= 4 is 27.4 Å². The third kappa shape index (κ3) is 3.56. The minimum Gasteiger partial charge on any atom is -0.507 e. The van der Waals surface area contributed by atoms with E-state index in [-0.39, 0.29) is 17.7 Å². The summed E-state index contributed by atoms with van der Waals surface area (Å²) in [7, 11) is 0. The average Bonchev–Trinajstić information content (AvgIpc) is 2.97. The van der Waals surface area contributed by atoms with Gasteiger partial charge in [-0.25, -0.2) is 4.98 Å². The molecular weight excluding hydrogens is 446 g/mol. The number of anilines is 2. The maximum atomic E-state index is 10.1. The van der Waals surface area contributed by atoms with Crippen LogP contribution < -0.4 is 15.4 Å². The van der Waals surface area contributed by atoms with E-state index >= 15 is 0 Å². The van der Waals surface area contributed by atoms with Gasteiger partial charge in [-0.15, -0.1) is 10.2 Å². The van der Waals surface area contributed by atoms with Gasteiger partial charge in [0.1, 0.15) is 22.2 Å². The summed E-state index contributed by atoms with van der Waals surface area (Å²) in [5.41, 5.74) is 8.42. The fourth-order valence-corrected chi connectivity index (χ4v) is 4.96. The monoisotopic (exact) mass is 467 g/mol. The highest BCUT2D eigenvalue weighted by molar-refractivity contribution is 9.10. The molecule has 0 radical (unpaired) electrons. The molecule has 3 aromatic rings. The van der Waals surface area contributed by atoms with Crippen LogP contribution >= 0.6 is 15.9 Å². The second kappa shape index (κ2) is 7.75. The number of halogens is 1. The molecule has 3 N–H and O–H groups in total. The first-order valence-electron chi connectivity index (χ1n) is 10.0. The Morgan fingerprint density at radius 1 is 1.07 bits per heavy atom. The number of phenols is 1. The number of aromatic hydroxyl groups is 1. The molecule has 2 unspecified atom stereocenters. The van der Waals surface area contributed by atoms with Crippen LogP contribution in [0.15, 0.2) is 53.3 Å². The van der Waals surface area contributed by atoms with Crippen molar-refractivity contribution in [3.63, 3.8) is 0 Å². The zero-order valence-electron chi connectivity index (χ0n) is 16.3. The third-order valence-electron chi connectivity index (χ3n) is 6.05. The topological polar surface area (TPSA) is 97.4 Å². The van der Waals surface area contributed by atoms with Gasteiger partial charge in [0, 0.05) is 48.4 Å². The molecule has 7 nitrogen and oxygen atoms in total. The quantitative estimate of drug-likeness (QED) is 0.561. The summed E-state index contributed by atoms with van der Waals surface area (Å²) in [4.78, 5) is 6.64. The van der Waals surface area contributed by atoms with E-state index in [1.54, 1.807) is 24.3 Å². The molecule has 1 aliphatic carbocycles. The number of hydrogen-bond acceptors (Lipinski definition) is 7. The SMILES string of the molecule is Nc1nnc(-c2ccccc2O)cc1OC1C2CCC1CN(c1ccnc(Br)c1)C2. The molecule has 0 spiro atoms. The molecule has 1 aliphatic heterocycles. The summed E-state index contributed by atoms with van der Waals surface area (Å²) in [5, 5.41) is 18.4. The van der Waals surface area contributed by atoms with E-state index in [0.717, 1.165) is 30.5 Å². The molecule has 8 heteroatoms. The van der Waals surface area contributed by atoms with Crippen LogP contribution in [-0.4, -0.2) is 39.5 Å². The number of nitrogens with two attached hydrogens (primary N) is 1. The highest BCUT2D eigenvalue weighted by Crippen LogP contribution is 2.42. The molecule has 30 heavy (non-hydrogen) atoms. The van der Waals surface area contributed by atoms with E-state index in [9.17, 15) is 5.11 Å². The summed E-state index contributed by atoms with van der Waals surface area (Å²) in [6, 6.07) is 12.9. The van der Waals surface area contributed by atoms with E-state index in [4.69, 9.17) is 10.5 Å². The van der Waals surface area contributed by atoms with Crippen LogP contribution in [0.2, 0.25) is 0 Å². The number of rotatable bonds is 4. The van der Waals surface area contributed by atoms with E-state index < -0.39 is 0 Å². The molecule has 2 atom stereocenters. The van der Waals surface area contributed by atoms with Gasteiger partial charge in [-0.2, -0.15) is 0 Å². The number of fused-ring (bicyclic) bond motifs is 2. The minimum absolute atomic E-state index is 0.0928. The fourth-order valence-electron chi connectivity index (χ4n) is 4.61. The molecular formula is C22H22BrN5O2. The maximum Gasteiger partial charge on any atom is 0.188 e. The van der Waals surface area contributed by atoms with Crippen LogP contribution in [-0.2, 0) is 0 Å². The maximum absolute atomic E-state index is 10.1. The average molecular weight is 468 g/mol. The Morgan fingerprint density at radius 3 is 2.57 bits per heavy atom. The largest absolute Gasteiger partial charge is 0.507 e. The van der Waals surface area contributed by atoms with E-state index in [1.807, 2.05) is 12.3 Å². The summed E-state index contributed by atoms with van der Waals surface area (Å²) in [5.74, 6) is 1.78. The van der Waals surface area contributed by atoms with Crippen LogP contribution in [0, 0.1) is 11.8 Å². The number of nitrogens with zero attached hydrogens (tertiary/aromatic N) is 4. The first kappa shape index (κ1) is 19.1. The van der Waals surface area contributed by atoms with Gasteiger partial charge in [0.15, 0.2) is 11.6 Å². The minimum atomic E-state index is 0.0928. The first-order valence-corrected chi connectivity index (χ1v) is 10.8. The van der Waals surface area contributed by atoms with Gasteiger partial charge in [-0.3, -0.25) is 0 Å². The van der Waals surface area contributed by atoms with E-state index in [1.165, 1.54) is 5.69 Å². The number of piperidine rings is 1. The molecule has 154 valence electrons. The molecule has 2 aromatic heterocycles. The molecule has 5 rings (SSSR count).